The molecule has 162 valence electrons. The molecule has 0 atom stereocenters. The smallest absolute Gasteiger partial charge is 0.368 e. The molecule has 2 aromatic carbocycles. The molecule has 1 amide bonds. The van der Waals surface area contributed by atoms with Crippen molar-refractivity contribution >= 4 is 38.9 Å². The Hall–Kier alpha value is -2.46. The van der Waals surface area contributed by atoms with E-state index in [0.29, 0.717) is 31.9 Å². The van der Waals surface area contributed by atoms with Gasteiger partial charge >= 0.3 is 6.18 Å². The van der Waals surface area contributed by atoms with Crippen molar-refractivity contribution in [2.45, 2.75) is 6.18 Å². The first-order chi connectivity index (χ1) is 13.9. The Morgan fingerprint density at radius 1 is 1.07 bits per heavy atom. The van der Waals surface area contributed by atoms with Crippen LogP contribution >= 0.6 is 11.6 Å². The molecule has 11 heteroatoms. The Morgan fingerprint density at radius 3 is 2.30 bits per heavy atom. The molecule has 2 aromatic rings. The van der Waals surface area contributed by atoms with Crippen LogP contribution in [0.5, 0.6) is 0 Å². The number of nitrogens with zero attached hydrogens (tertiary/aromatic N) is 2. The van der Waals surface area contributed by atoms with Gasteiger partial charge in [0.1, 0.15) is 0 Å². The maximum Gasteiger partial charge on any atom is 0.416 e. The summed E-state index contributed by atoms with van der Waals surface area (Å²) in [6.45, 7) is 1.38. The summed E-state index contributed by atoms with van der Waals surface area (Å²) >= 11 is 6.16. The number of carbonyl (C=O) groups is 1. The lowest BCUT2D eigenvalue weighted by molar-refractivity contribution is -0.137. The number of sulfonamides is 1. The van der Waals surface area contributed by atoms with Gasteiger partial charge in [-0.2, -0.15) is 13.2 Å². The first kappa shape index (κ1) is 22.2. The van der Waals surface area contributed by atoms with Crippen LogP contribution in [0, 0.1) is 0 Å². The van der Waals surface area contributed by atoms with E-state index in [4.69, 9.17) is 11.6 Å². The van der Waals surface area contributed by atoms with Gasteiger partial charge in [0.2, 0.25) is 10.0 Å². The zero-order valence-corrected chi connectivity index (χ0v) is 17.5. The molecule has 3 rings (SSSR count). The van der Waals surface area contributed by atoms with Crippen molar-refractivity contribution in [3.63, 3.8) is 0 Å². The SMILES string of the molecule is CS(=O)(=O)Nc1ccc(C(=O)N2CCN(c3cccc(C(F)(F)F)c3)CC2)c(Cl)c1. The summed E-state index contributed by atoms with van der Waals surface area (Å²) in [4.78, 5) is 16.1. The number of carbonyl (C=O) groups excluding carboxylic acids is 1. The van der Waals surface area contributed by atoms with E-state index in [-0.39, 0.29) is 22.2 Å². The van der Waals surface area contributed by atoms with Crippen LogP contribution in [0.15, 0.2) is 42.5 Å². The van der Waals surface area contributed by atoms with Gasteiger partial charge in [0.25, 0.3) is 5.91 Å². The third kappa shape index (κ3) is 5.37. The minimum absolute atomic E-state index is 0.106. The molecule has 1 fully saturated rings. The van der Waals surface area contributed by atoms with Gasteiger partial charge in [0.05, 0.1) is 22.4 Å². The Labute approximate surface area is 177 Å². The number of alkyl halides is 3. The third-order valence-electron chi connectivity index (χ3n) is 4.61. The van der Waals surface area contributed by atoms with Gasteiger partial charge in [-0.3, -0.25) is 9.52 Å². The van der Waals surface area contributed by atoms with Crippen molar-refractivity contribution in [3.8, 4) is 0 Å². The van der Waals surface area contributed by atoms with Crippen molar-refractivity contribution in [2.75, 3.05) is 42.1 Å². The second-order valence-electron chi connectivity index (χ2n) is 6.90. The van der Waals surface area contributed by atoms with Crippen LogP contribution < -0.4 is 9.62 Å². The number of amides is 1. The molecule has 0 unspecified atom stereocenters. The fourth-order valence-corrected chi connectivity index (χ4v) is 4.00. The van der Waals surface area contributed by atoms with Gasteiger partial charge < -0.3 is 9.80 Å². The molecule has 0 aliphatic carbocycles. The summed E-state index contributed by atoms with van der Waals surface area (Å²) in [7, 11) is -3.47. The van der Waals surface area contributed by atoms with Crippen molar-refractivity contribution in [1.82, 2.24) is 4.90 Å². The lowest BCUT2D eigenvalue weighted by Gasteiger charge is -2.36. The van der Waals surface area contributed by atoms with E-state index in [0.717, 1.165) is 18.4 Å². The zero-order chi connectivity index (χ0) is 22.1. The molecule has 1 aliphatic rings. The highest BCUT2D eigenvalue weighted by molar-refractivity contribution is 7.92. The van der Waals surface area contributed by atoms with E-state index in [1.165, 1.54) is 24.3 Å². The van der Waals surface area contributed by atoms with E-state index in [9.17, 15) is 26.4 Å². The maximum atomic E-state index is 12.9. The first-order valence-corrected chi connectivity index (χ1v) is 11.2. The highest BCUT2D eigenvalue weighted by Gasteiger charge is 2.31. The molecule has 30 heavy (non-hydrogen) atoms. The monoisotopic (exact) mass is 461 g/mol. The lowest BCUT2D eigenvalue weighted by atomic mass is 10.1. The number of hydrogen-bond donors (Lipinski definition) is 1. The van der Waals surface area contributed by atoms with Crippen LogP contribution in [-0.2, 0) is 16.2 Å². The summed E-state index contributed by atoms with van der Waals surface area (Å²) in [6.07, 6.45) is -3.41. The molecule has 1 aliphatic heterocycles. The average Bonchev–Trinajstić information content (AvgIpc) is 2.66. The van der Waals surface area contributed by atoms with Crippen LogP contribution in [-0.4, -0.2) is 51.7 Å². The fraction of sp³-hybridized carbons (Fsp3) is 0.316. The molecule has 0 saturated carbocycles. The Kier molecular flexibility index (Phi) is 6.19. The van der Waals surface area contributed by atoms with E-state index in [2.05, 4.69) is 4.72 Å². The van der Waals surface area contributed by atoms with Crippen LogP contribution in [0.4, 0.5) is 24.5 Å². The number of halogens is 4. The molecule has 0 radical (unpaired) electrons. The average molecular weight is 462 g/mol. The molecule has 1 N–H and O–H groups in total. The van der Waals surface area contributed by atoms with E-state index < -0.39 is 21.8 Å². The summed E-state index contributed by atoms with van der Waals surface area (Å²) in [5.41, 5.74) is 0.205. The summed E-state index contributed by atoms with van der Waals surface area (Å²) in [5, 5.41) is 0.106. The van der Waals surface area contributed by atoms with E-state index >= 15 is 0 Å². The standard InChI is InChI=1S/C19H19ClF3N3O3S/c1-30(28,29)24-14-5-6-16(17(20)12-14)18(27)26-9-7-25(8-10-26)15-4-2-3-13(11-15)19(21,22)23/h2-6,11-12,24H,7-10H2,1H3. The summed E-state index contributed by atoms with van der Waals surface area (Å²) in [6, 6.07) is 9.33. The number of benzene rings is 2. The molecule has 1 saturated heterocycles. The molecule has 1 heterocycles. The molecular formula is C19H19ClF3N3O3S. The van der Waals surface area contributed by atoms with Gasteiger partial charge in [-0.25, -0.2) is 8.42 Å². The summed E-state index contributed by atoms with van der Waals surface area (Å²) in [5.74, 6) is -0.324. The van der Waals surface area contributed by atoms with Gasteiger partial charge in [0.15, 0.2) is 0 Å². The van der Waals surface area contributed by atoms with Gasteiger partial charge in [0, 0.05) is 37.6 Å². The van der Waals surface area contributed by atoms with Crippen molar-refractivity contribution in [2.24, 2.45) is 0 Å². The van der Waals surface area contributed by atoms with Crippen molar-refractivity contribution < 1.29 is 26.4 Å². The third-order valence-corrected chi connectivity index (χ3v) is 5.53. The number of nitrogens with one attached hydrogen (secondary N) is 1. The van der Waals surface area contributed by atoms with E-state index in [1.807, 2.05) is 0 Å². The van der Waals surface area contributed by atoms with Crippen LogP contribution in [0.2, 0.25) is 5.02 Å². The summed E-state index contributed by atoms with van der Waals surface area (Å²) < 4.78 is 63.7. The predicted octanol–water partition coefficient (Wildman–Crippen LogP) is 3.69. The highest BCUT2D eigenvalue weighted by Crippen LogP contribution is 2.32. The zero-order valence-electron chi connectivity index (χ0n) is 15.9. The predicted molar refractivity (Wildman–Crippen MR) is 109 cm³/mol. The van der Waals surface area contributed by atoms with Gasteiger partial charge in [-0.1, -0.05) is 17.7 Å². The molecule has 6 nitrogen and oxygen atoms in total. The van der Waals surface area contributed by atoms with Crippen LogP contribution in [0.25, 0.3) is 0 Å². The largest absolute Gasteiger partial charge is 0.416 e. The lowest BCUT2D eigenvalue weighted by Crippen LogP contribution is -2.48. The van der Waals surface area contributed by atoms with E-state index in [1.54, 1.807) is 15.9 Å². The normalized spacial score (nSPS) is 15.2. The first-order valence-electron chi connectivity index (χ1n) is 8.93. The fourth-order valence-electron chi connectivity index (χ4n) is 3.18. The second-order valence-corrected chi connectivity index (χ2v) is 9.05. The second kappa shape index (κ2) is 8.35. The topological polar surface area (TPSA) is 69.7 Å². The quantitative estimate of drug-likeness (QED) is 0.754. The number of hydrogen-bond acceptors (Lipinski definition) is 4. The Morgan fingerprint density at radius 2 is 1.73 bits per heavy atom. The van der Waals surface area contributed by atoms with Crippen molar-refractivity contribution in [1.29, 1.82) is 0 Å². The number of piperazine rings is 1. The maximum absolute atomic E-state index is 12.9. The number of rotatable bonds is 4. The number of anilines is 2. The Balaban J connectivity index is 1.67. The van der Waals surface area contributed by atoms with Gasteiger partial charge in [-0.05, 0) is 36.4 Å². The Bertz CT molecular complexity index is 1050. The van der Waals surface area contributed by atoms with Gasteiger partial charge in [-0.15, -0.1) is 0 Å². The highest BCUT2D eigenvalue weighted by atomic mass is 35.5. The molecule has 0 aromatic heterocycles. The minimum atomic E-state index is -4.41. The molecule has 0 spiro atoms. The molecular weight excluding hydrogens is 443 g/mol. The minimum Gasteiger partial charge on any atom is -0.368 e. The van der Waals surface area contributed by atoms with Crippen molar-refractivity contribution in [3.05, 3.63) is 58.6 Å². The molecule has 0 bridgehead atoms. The van der Waals surface area contributed by atoms with Crippen LogP contribution in [0.1, 0.15) is 15.9 Å². The van der Waals surface area contributed by atoms with Crippen LogP contribution in [0.3, 0.4) is 0 Å².